The molecule has 1 aliphatic carbocycles. The van der Waals surface area contributed by atoms with Gasteiger partial charge in [-0.3, -0.25) is 0 Å². The summed E-state index contributed by atoms with van der Waals surface area (Å²) >= 11 is 0. The van der Waals surface area contributed by atoms with Crippen LogP contribution in [-0.4, -0.2) is 0 Å². The molecule has 0 bridgehead atoms. The van der Waals surface area contributed by atoms with Crippen LogP contribution in [0.15, 0.2) is 249 Å². The largest absolute Gasteiger partial charge is 0.309 e. The lowest BCUT2D eigenvalue weighted by molar-refractivity contribution is 0.768. The van der Waals surface area contributed by atoms with Gasteiger partial charge in [-0.1, -0.05) is 224 Å². The second-order valence-electron chi connectivity index (χ2n) is 15.6. The lowest BCUT2D eigenvalue weighted by Gasteiger charge is -2.34. The van der Waals surface area contributed by atoms with Crippen molar-refractivity contribution in [2.24, 2.45) is 0 Å². The fourth-order valence-corrected chi connectivity index (χ4v) is 9.74. The summed E-state index contributed by atoms with van der Waals surface area (Å²) in [6, 6.07) is 91.1. The summed E-state index contributed by atoms with van der Waals surface area (Å²) < 4.78 is 0. The van der Waals surface area contributed by atoms with Gasteiger partial charge in [-0.15, -0.1) is 0 Å². The first-order valence-electron chi connectivity index (χ1n) is 20.8. The van der Waals surface area contributed by atoms with Crippen LogP contribution in [0.25, 0.3) is 55.3 Å². The lowest BCUT2D eigenvalue weighted by Crippen LogP contribution is -2.28. The van der Waals surface area contributed by atoms with Crippen molar-refractivity contribution < 1.29 is 0 Å². The van der Waals surface area contributed by atoms with Gasteiger partial charge in [-0.25, -0.2) is 0 Å². The van der Waals surface area contributed by atoms with Crippen molar-refractivity contribution in [2.45, 2.75) is 5.41 Å². The fourth-order valence-electron chi connectivity index (χ4n) is 9.74. The minimum atomic E-state index is -0.520. The number of benzene rings is 10. The monoisotopic (exact) mass is 763 g/mol. The predicted octanol–water partition coefficient (Wildman–Crippen LogP) is 15.7. The van der Waals surface area contributed by atoms with Crippen LogP contribution >= 0.6 is 0 Å². The normalized spacial score (nSPS) is 12.5. The van der Waals surface area contributed by atoms with Crippen LogP contribution < -0.4 is 4.90 Å². The molecular weight excluding hydrogens is 723 g/mol. The van der Waals surface area contributed by atoms with E-state index >= 15 is 0 Å². The molecule has 0 saturated heterocycles. The number of para-hydroxylation sites is 1. The molecular formula is C59H41N. The Hall–Kier alpha value is -7.74. The molecule has 0 saturated carbocycles. The lowest BCUT2D eigenvalue weighted by atomic mass is 9.68. The third-order valence-corrected chi connectivity index (χ3v) is 12.4. The minimum Gasteiger partial charge on any atom is -0.309 e. The third-order valence-electron chi connectivity index (χ3n) is 12.4. The fraction of sp³-hybridized carbons (Fsp3) is 0.0169. The highest BCUT2D eigenvalue weighted by Gasteiger charge is 2.47. The van der Waals surface area contributed by atoms with Gasteiger partial charge >= 0.3 is 0 Å². The SMILES string of the molecule is c1ccc(-c2ccc(-c3ccccc3N(c3cccc(-c4cccc5ccccc45)c3)c3cccc4c3-c3ccccc3C4(c3ccccc3)c3ccccc3)cc2)cc1. The Balaban J connectivity index is 1.18. The van der Waals surface area contributed by atoms with Gasteiger partial charge in [0, 0.05) is 16.8 Å². The molecule has 11 rings (SSSR count). The van der Waals surface area contributed by atoms with Crippen LogP contribution in [0.2, 0.25) is 0 Å². The van der Waals surface area contributed by atoms with Crippen LogP contribution in [0.1, 0.15) is 22.3 Å². The molecule has 0 aliphatic heterocycles. The average Bonchev–Trinajstić information content (AvgIpc) is 3.64. The smallest absolute Gasteiger partial charge is 0.0714 e. The Morgan fingerprint density at radius 3 is 1.57 bits per heavy atom. The Morgan fingerprint density at radius 1 is 0.300 bits per heavy atom. The number of fused-ring (bicyclic) bond motifs is 4. The average molecular weight is 764 g/mol. The van der Waals surface area contributed by atoms with Crippen LogP contribution in [0, 0.1) is 0 Å². The molecule has 0 amide bonds. The van der Waals surface area contributed by atoms with E-state index in [1.807, 2.05) is 0 Å². The van der Waals surface area contributed by atoms with Crippen molar-refractivity contribution in [3.8, 4) is 44.5 Å². The second kappa shape index (κ2) is 14.9. The molecule has 10 aromatic carbocycles. The van der Waals surface area contributed by atoms with E-state index in [4.69, 9.17) is 0 Å². The zero-order chi connectivity index (χ0) is 39.9. The van der Waals surface area contributed by atoms with Gasteiger partial charge in [-0.05, 0) is 90.7 Å². The maximum Gasteiger partial charge on any atom is 0.0714 e. The maximum atomic E-state index is 2.51. The van der Waals surface area contributed by atoms with E-state index in [0.29, 0.717) is 0 Å². The standard InChI is InChI=1S/C59H41N/c1-4-19-42(20-5-1)43-37-39-45(40-38-43)52-30-13-15-35-56(52)60(49-28-16-23-46(41-49)51-32-17-22-44-21-10-11-29-50(44)51)57-36-18-34-55-58(57)53-31-12-14-33-54(53)59(55,47-24-6-2-7-25-47)48-26-8-3-9-27-48/h1-41H. The van der Waals surface area contributed by atoms with Crippen molar-refractivity contribution in [3.63, 3.8) is 0 Å². The molecule has 1 heteroatoms. The molecule has 0 atom stereocenters. The van der Waals surface area contributed by atoms with Gasteiger partial charge < -0.3 is 4.90 Å². The van der Waals surface area contributed by atoms with E-state index in [1.165, 1.54) is 66.4 Å². The summed E-state index contributed by atoms with van der Waals surface area (Å²) in [5.41, 5.74) is 17.5. The van der Waals surface area contributed by atoms with Crippen molar-refractivity contribution >= 4 is 27.8 Å². The number of nitrogens with zero attached hydrogens (tertiary/aromatic N) is 1. The summed E-state index contributed by atoms with van der Waals surface area (Å²) in [5.74, 6) is 0. The zero-order valence-corrected chi connectivity index (χ0v) is 33.1. The number of anilines is 3. The van der Waals surface area contributed by atoms with Gasteiger partial charge in [0.1, 0.15) is 0 Å². The molecule has 0 heterocycles. The Kier molecular flexibility index (Phi) is 8.79. The Morgan fingerprint density at radius 2 is 0.800 bits per heavy atom. The molecule has 10 aromatic rings. The van der Waals surface area contributed by atoms with Crippen LogP contribution in [0.3, 0.4) is 0 Å². The van der Waals surface area contributed by atoms with Gasteiger partial charge in [0.15, 0.2) is 0 Å². The molecule has 0 fully saturated rings. The highest BCUT2D eigenvalue weighted by Crippen LogP contribution is 2.60. The first kappa shape index (κ1) is 35.4. The third kappa shape index (κ3) is 5.78. The van der Waals surface area contributed by atoms with Crippen molar-refractivity contribution in [1.82, 2.24) is 0 Å². The number of hydrogen-bond acceptors (Lipinski definition) is 1. The summed E-state index contributed by atoms with van der Waals surface area (Å²) in [6.07, 6.45) is 0. The van der Waals surface area contributed by atoms with Crippen molar-refractivity contribution in [2.75, 3.05) is 4.90 Å². The summed E-state index contributed by atoms with van der Waals surface area (Å²) in [4.78, 5) is 2.51. The summed E-state index contributed by atoms with van der Waals surface area (Å²) in [6.45, 7) is 0. The molecule has 1 nitrogen and oxygen atoms in total. The molecule has 0 radical (unpaired) electrons. The predicted molar refractivity (Wildman–Crippen MR) is 252 cm³/mol. The first-order valence-corrected chi connectivity index (χ1v) is 20.8. The summed E-state index contributed by atoms with van der Waals surface area (Å²) in [5, 5.41) is 2.48. The zero-order valence-electron chi connectivity index (χ0n) is 33.1. The van der Waals surface area contributed by atoms with Gasteiger partial charge in [0.05, 0.1) is 16.8 Å². The Bertz CT molecular complexity index is 3090. The van der Waals surface area contributed by atoms with E-state index in [0.717, 1.165) is 28.2 Å². The van der Waals surface area contributed by atoms with E-state index < -0.39 is 5.41 Å². The van der Waals surface area contributed by atoms with E-state index in [1.54, 1.807) is 0 Å². The molecule has 0 spiro atoms. The highest BCUT2D eigenvalue weighted by molar-refractivity contribution is 6.01. The highest BCUT2D eigenvalue weighted by atomic mass is 15.1. The molecule has 60 heavy (non-hydrogen) atoms. The number of rotatable bonds is 8. The Labute approximate surface area is 352 Å². The van der Waals surface area contributed by atoms with E-state index in [-0.39, 0.29) is 0 Å². The van der Waals surface area contributed by atoms with Gasteiger partial charge in [0.2, 0.25) is 0 Å². The topological polar surface area (TPSA) is 3.24 Å². The quantitative estimate of drug-likeness (QED) is 0.149. The minimum absolute atomic E-state index is 0.520. The molecule has 0 unspecified atom stereocenters. The van der Waals surface area contributed by atoms with Crippen LogP contribution in [0.4, 0.5) is 17.1 Å². The number of hydrogen-bond donors (Lipinski definition) is 0. The van der Waals surface area contributed by atoms with Crippen LogP contribution in [-0.2, 0) is 5.41 Å². The van der Waals surface area contributed by atoms with Crippen molar-refractivity contribution in [1.29, 1.82) is 0 Å². The molecule has 0 aromatic heterocycles. The van der Waals surface area contributed by atoms with Gasteiger partial charge in [0.25, 0.3) is 0 Å². The molecule has 282 valence electrons. The first-order chi connectivity index (χ1) is 29.8. The van der Waals surface area contributed by atoms with E-state index in [2.05, 4.69) is 254 Å². The van der Waals surface area contributed by atoms with Crippen LogP contribution in [0.5, 0.6) is 0 Å². The summed E-state index contributed by atoms with van der Waals surface area (Å²) in [7, 11) is 0. The maximum absolute atomic E-state index is 2.51. The molecule has 1 aliphatic rings. The molecule has 0 N–H and O–H groups in total. The second-order valence-corrected chi connectivity index (χ2v) is 15.6. The van der Waals surface area contributed by atoms with Crippen molar-refractivity contribution in [3.05, 3.63) is 271 Å². The van der Waals surface area contributed by atoms with Gasteiger partial charge in [-0.2, -0.15) is 0 Å². The van der Waals surface area contributed by atoms with E-state index in [9.17, 15) is 0 Å².